The molecule has 0 aromatic carbocycles. The third-order valence-corrected chi connectivity index (χ3v) is 3.54. The highest BCUT2D eigenvalue weighted by Gasteiger charge is 2.22. The molecule has 0 saturated carbocycles. The van der Waals surface area contributed by atoms with E-state index in [0.717, 1.165) is 13.0 Å². The highest BCUT2D eigenvalue weighted by atomic mass is 32.2. The van der Waals surface area contributed by atoms with E-state index in [-0.39, 0.29) is 0 Å². The van der Waals surface area contributed by atoms with Crippen LogP contribution in [-0.4, -0.2) is 21.6 Å². The highest BCUT2D eigenvalue weighted by molar-refractivity contribution is 8.00. The van der Waals surface area contributed by atoms with Gasteiger partial charge < -0.3 is 5.32 Å². The molecule has 1 aliphatic rings. The fraction of sp³-hybridized carbons (Fsp3) is 0.667. The molecular weight excluding hydrogens is 182 g/mol. The van der Waals surface area contributed by atoms with Crippen LogP contribution in [0.2, 0.25) is 0 Å². The lowest BCUT2D eigenvalue weighted by Crippen LogP contribution is -2.19. The molecule has 13 heavy (non-hydrogen) atoms. The van der Waals surface area contributed by atoms with Crippen molar-refractivity contribution < 1.29 is 0 Å². The predicted molar refractivity (Wildman–Crippen MR) is 56.4 cm³/mol. The molecule has 4 heteroatoms. The van der Waals surface area contributed by atoms with E-state index in [1.165, 1.54) is 16.4 Å². The summed E-state index contributed by atoms with van der Waals surface area (Å²) in [6, 6.07) is 0. The topological polar surface area (TPSA) is 29.9 Å². The number of aromatic nitrogens is 2. The van der Waals surface area contributed by atoms with Crippen LogP contribution in [-0.2, 0) is 13.5 Å². The molecule has 1 unspecified atom stereocenters. The van der Waals surface area contributed by atoms with Gasteiger partial charge in [0.2, 0.25) is 0 Å². The molecule has 3 nitrogen and oxygen atoms in total. The van der Waals surface area contributed by atoms with Crippen LogP contribution >= 0.6 is 11.8 Å². The Hall–Kier alpha value is -0.640. The molecular formula is C9H15N3S. The average molecular weight is 197 g/mol. The summed E-state index contributed by atoms with van der Waals surface area (Å²) in [4.78, 5) is 0. The normalized spacial score (nSPS) is 21.0. The fourth-order valence-electron chi connectivity index (χ4n) is 1.60. The first kappa shape index (κ1) is 8.94. The molecule has 1 aromatic rings. The maximum Gasteiger partial charge on any atom is 0.117 e. The van der Waals surface area contributed by atoms with Crippen LogP contribution in [0.25, 0.3) is 0 Å². The lowest BCUT2D eigenvalue weighted by atomic mass is 10.3. The molecule has 1 atom stereocenters. The maximum atomic E-state index is 4.48. The Balaban J connectivity index is 2.42. The summed E-state index contributed by atoms with van der Waals surface area (Å²) in [6.07, 6.45) is 1.01. The van der Waals surface area contributed by atoms with Gasteiger partial charge in [0.1, 0.15) is 5.03 Å². The Kier molecular flexibility index (Phi) is 2.24. The van der Waals surface area contributed by atoms with Gasteiger partial charge in [0.05, 0.1) is 11.4 Å². The van der Waals surface area contributed by atoms with E-state index in [2.05, 4.69) is 24.3 Å². The summed E-state index contributed by atoms with van der Waals surface area (Å²) in [7, 11) is 2.02. The molecule has 0 radical (unpaired) electrons. The van der Waals surface area contributed by atoms with Gasteiger partial charge in [-0.2, -0.15) is 5.10 Å². The number of hydrogen-bond donors (Lipinski definition) is 1. The number of rotatable bonds is 1. The first-order valence-electron chi connectivity index (χ1n) is 4.68. The molecule has 0 fully saturated rings. The summed E-state index contributed by atoms with van der Waals surface area (Å²) >= 11 is 1.91. The van der Waals surface area contributed by atoms with Crippen molar-refractivity contribution >= 4 is 17.4 Å². The van der Waals surface area contributed by atoms with Crippen molar-refractivity contribution in [1.82, 2.24) is 9.78 Å². The van der Waals surface area contributed by atoms with Crippen LogP contribution in [0.3, 0.4) is 0 Å². The first-order valence-corrected chi connectivity index (χ1v) is 5.56. The molecule has 2 heterocycles. The Morgan fingerprint density at radius 2 is 2.46 bits per heavy atom. The zero-order valence-corrected chi connectivity index (χ0v) is 9.11. The third kappa shape index (κ3) is 1.43. The van der Waals surface area contributed by atoms with Crippen LogP contribution in [0.4, 0.5) is 5.69 Å². The van der Waals surface area contributed by atoms with Gasteiger partial charge in [-0.1, -0.05) is 25.6 Å². The zero-order chi connectivity index (χ0) is 9.42. The van der Waals surface area contributed by atoms with Crippen molar-refractivity contribution in [3.63, 3.8) is 0 Å². The van der Waals surface area contributed by atoms with Gasteiger partial charge in [0, 0.05) is 18.8 Å². The second-order valence-electron chi connectivity index (χ2n) is 3.41. The molecule has 0 aliphatic carbocycles. The van der Waals surface area contributed by atoms with Crippen molar-refractivity contribution in [2.24, 2.45) is 7.05 Å². The largest absolute Gasteiger partial charge is 0.380 e. The molecule has 1 aliphatic heterocycles. The van der Waals surface area contributed by atoms with Gasteiger partial charge in [-0.05, 0) is 6.42 Å². The highest BCUT2D eigenvalue weighted by Crippen LogP contribution is 2.36. The quantitative estimate of drug-likeness (QED) is 0.745. The van der Waals surface area contributed by atoms with E-state index in [9.17, 15) is 0 Å². The van der Waals surface area contributed by atoms with Crippen molar-refractivity contribution in [3.8, 4) is 0 Å². The monoisotopic (exact) mass is 197 g/mol. The molecule has 0 spiro atoms. The number of thioether (sulfide) groups is 1. The third-order valence-electron chi connectivity index (χ3n) is 2.28. The van der Waals surface area contributed by atoms with Crippen molar-refractivity contribution in [1.29, 1.82) is 0 Å². The second-order valence-corrected chi connectivity index (χ2v) is 4.84. The second kappa shape index (κ2) is 3.25. The van der Waals surface area contributed by atoms with Crippen LogP contribution in [0, 0.1) is 0 Å². The van der Waals surface area contributed by atoms with Gasteiger partial charge >= 0.3 is 0 Å². The molecule has 72 valence electrons. The van der Waals surface area contributed by atoms with Crippen LogP contribution in [0.5, 0.6) is 0 Å². The Morgan fingerprint density at radius 3 is 3.15 bits per heavy atom. The fourth-order valence-corrected chi connectivity index (χ4v) is 2.65. The Labute approximate surface area is 82.9 Å². The lowest BCUT2D eigenvalue weighted by molar-refractivity contribution is 0.684. The van der Waals surface area contributed by atoms with Crippen LogP contribution in [0.15, 0.2) is 5.03 Å². The van der Waals surface area contributed by atoms with Crippen molar-refractivity contribution in [2.75, 3.05) is 11.9 Å². The number of anilines is 1. The number of hydrogen-bond acceptors (Lipinski definition) is 3. The van der Waals surface area contributed by atoms with E-state index in [1.807, 2.05) is 23.5 Å². The van der Waals surface area contributed by atoms with E-state index in [1.54, 1.807) is 0 Å². The average Bonchev–Trinajstić information content (AvgIpc) is 2.43. The first-order chi connectivity index (χ1) is 6.22. The summed E-state index contributed by atoms with van der Waals surface area (Å²) in [5.74, 6) is 0. The minimum Gasteiger partial charge on any atom is -0.380 e. The van der Waals surface area contributed by atoms with Crippen molar-refractivity contribution in [2.45, 2.75) is 30.5 Å². The van der Waals surface area contributed by atoms with Crippen LogP contribution < -0.4 is 5.32 Å². The van der Waals surface area contributed by atoms with Gasteiger partial charge in [0.15, 0.2) is 0 Å². The minimum absolute atomic E-state index is 0.646. The zero-order valence-electron chi connectivity index (χ0n) is 8.29. The maximum absolute atomic E-state index is 4.48. The number of aryl methyl sites for hydroxylation is 2. The summed E-state index contributed by atoms with van der Waals surface area (Å²) in [6.45, 7) is 5.43. The smallest absolute Gasteiger partial charge is 0.117 e. The number of nitrogens with zero attached hydrogens (tertiary/aromatic N) is 2. The minimum atomic E-state index is 0.646. The Morgan fingerprint density at radius 1 is 1.69 bits per heavy atom. The van der Waals surface area contributed by atoms with Crippen molar-refractivity contribution in [3.05, 3.63) is 5.69 Å². The predicted octanol–water partition coefficient (Wildman–Crippen LogP) is 1.89. The van der Waals surface area contributed by atoms with E-state index in [4.69, 9.17) is 0 Å². The molecule has 0 bridgehead atoms. The molecule has 2 rings (SSSR count). The number of fused-ring (bicyclic) bond motifs is 1. The molecule has 0 amide bonds. The summed E-state index contributed by atoms with van der Waals surface area (Å²) in [5, 5.41) is 9.86. The molecule has 1 aromatic heterocycles. The van der Waals surface area contributed by atoms with Crippen LogP contribution in [0.1, 0.15) is 19.5 Å². The van der Waals surface area contributed by atoms with E-state index < -0.39 is 0 Å². The van der Waals surface area contributed by atoms with Gasteiger partial charge in [-0.15, -0.1) is 0 Å². The number of nitrogens with one attached hydrogen (secondary N) is 1. The standard InChI is InChI=1S/C9H15N3S/c1-4-7-8-9(12(3)11-7)13-6(2)5-10-8/h6,10H,4-5H2,1-3H3. The SMILES string of the molecule is CCc1nn(C)c2c1NCC(C)S2. The van der Waals surface area contributed by atoms with Gasteiger partial charge in [-0.25, -0.2) is 0 Å². The van der Waals surface area contributed by atoms with E-state index >= 15 is 0 Å². The molecule has 1 N–H and O–H groups in total. The Bertz CT molecular complexity index is 319. The van der Waals surface area contributed by atoms with E-state index in [0.29, 0.717) is 5.25 Å². The van der Waals surface area contributed by atoms with Gasteiger partial charge in [0.25, 0.3) is 0 Å². The van der Waals surface area contributed by atoms with Gasteiger partial charge in [-0.3, -0.25) is 4.68 Å². The molecule has 0 saturated heterocycles. The summed E-state index contributed by atoms with van der Waals surface area (Å²) < 4.78 is 1.99. The lowest BCUT2D eigenvalue weighted by Gasteiger charge is -2.20. The summed E-state index contributed by atoms with van der Waals surface area (Å²) in [5.41, 5.74) is 2.45.